The third-order valence-electron chi connectivity index (χ3n) is 27.1. The number of fused-ring (bicyclic) bond motifs is 15. The van der Waals surface area contributed by atoms with Gasteiger partial charge in [0.25, 0.3) is 0 Å². The molecule has 25 aromatic rings. The molecule has 1 aliphatic carbocycles. The van der Waals surface area contributed by atoms with E-state index in [0.29, 0.717) is 5.82 Å². The Kier molecular flexibility index (Phi) is 18.8. The summed E-state index contributed by atoms with van der Waals surface area (Å²) < 4.78 is 9.60. The van der Waals surface area contributed by atoms with Gasteiger partial charge in [-0.2, -0.15) is 0 Å². The van der Waals surface area contributed by atoms with Crippen LogP contribution >= 0.6 is 0 Å². The Hall–Kier alpha value is -17.5. The molecule has 26 rings (SSSR count). The largest absolute Gasteiger partial charge is 0.309 e. The maximum Gasteiger partial charge on any atom is 0.160 e. The molecule has 6 aromatic heterocycles. The molecule has 6 heterocycles. The highest BCUT2D eigenvalue weighted by atomic mass is 15.0. The molecule has 0 aliphatic heterocycles. The van der Waals surface area contributed by atoms with Crippen LogP contribution in [0.25, 0.3) is 233 Å². The summed E-state index contributed by atoms with van der Waals surface area (Å²) in [5.41, 5.74) is 38.4. The van der Waals surface area contributed by atoms with Gasteiger partial charge in [-0.25, -0.2) is 19.9 Å². The van der Waals surface area contributed by atoms with Gasteiger partial charge in [0.2, 0.25) is 0 Å². The predicted molar refractivity (Wildman–Crippen MR) is 553 cm³/mol. The number of nitrogens with zero attached hydrogens (tertiary/aromatic N) is 8. The third-order valence-corrected chi connectivity index (χ3v) is 27.1. The van der Waals surface area contributed by atoms with E-state index in [1.54, 1.807) is 0 Å². The molecule has 0 amide bonds. The van der Waals surface area contributed by atoms with Crippen LogP contribution in [0.15, 0.2) is 473 Å². The lowest BCUT2D eigenvalue weighted by Gasteiger charge is -2.23. The van der Waals surface area contributed by atoms with E-state index in [2.05, 4.69) is 457 Å². The molecule has 0 fully saturated rings. The van der Waals surface area contributed by atoms with E-state index < -0.39 is 0 Å². The van der Waals surface area contributed by atoms with Crippen LogP contribution in [0.1, 0.15) is 25.0 Å². The van der Waals surface area contributed by atoms with Crippen LogP contribution in [-0.4, -0.2) is 38.2 Å². The van der Waals surface area contributed by atoms with Gasteiger partial charge in [-0.05, 0) is 218 Å². The van der Waals surface area contributed by atoms with Gasteiger partial charge < -0.3 is 18.3 Å². The van der Waals surface area contributed by atoms with Crippen LogP contribution in [0.4, 0.5) is 0 Å². The number of benzene rings is 19. The van der Waals surface area contributed by atoms with Gasteiger partial charge in [-0.15, -0.1) is 0 Å². The maximum atomic E-state index is 5.18. The predicted octanol–water partition coefficient (Wildman–Crippen LogP) is 32.3. The van der Waals surface area contributed by atoms with Gasteiger partial charge >= 0.3 is 0 Å². The summed E-state index contributed by atoms with van der Waals surface area (Å²) in [7, 11) is 0. The zero-order valence-electron chi connectivity index (χ0n) is 73.1. The van der Waals surface area contributed by atoms with Crippen LogP contribution in [-0.2, 0) is 5.41 Å². The molecule has 0 bridgehead atoms. The van der Waals surface area contributed by atoms with E-state index >= 15 is 0 Å². The molecule has 0 atom stereocenters. The minimum absolute atomic E-state index is 0.248. The van der Waals surface area contributed by atoms with Crippen molar-refractivity contribution < 1.29 is 0 Å². The van der Waals surface area contributed by atoms with Crippen molar-refractivity contribution in [3.8, 4) is 146 Å². The van der Waals surface area contributed by atoms with Crippen LogP contribution < -0.4 is 0 Å². The Morgan fingerprint density at radius 2 is 0.406 bits per heavy atom. The van der Waals surface area contributed by atoms with Gasteiger partial charge in [-0.3, -0.25) is 0 Å². The molecule has 19 aromatic carbocycles. The Bertz CT molecular complexity index is 8760. The van der Waals surface area contributed by atoms with Crippen molar-refractivity contribution in [2.75, 3.05) is 0 Å². The zero-order valence-corrected chi connectivity index (χ0v) is 73.1. The van der Waals surface area contributed by atoms with E-state index in [1.807, 2.05) is 48.5 Å². The number of rotatable bonds is 14. The van der Waals surface area contributed by atoms with Crippen molar-refractivity contribution in [3.05, 3.63) is 484 Å². The fraction of sp³-hybridized carbons (Fsp3) is 0.0240. The number of para-hydroxylation sites is 6. The SMILES string of the molecule is CC1(C)c2cc(-c3cc(-c4ccccc4)nc(-c4ccccc4)n3)ccc2-c2ccc(-n3c4ccccc4c4cc(-c5ccc6c(c5)c5ccccc5n6-c5ccccc5)ccc43)cc21.c1ccc(-c2cc(-c3cccc(-c4cccc(-c5ccc(-n6c7ccccc7c7cc(-c8ccc9c(c8)c8ccccc8n9-c8ccccc8)ccc76)cc5)c4)c3)nc(-c3ccccc3)n2)cc1. The lowest BCUT2D eigenvalue weighted by Crippen LogP contribution is -2.15. The Labute approximate surface area is 769 Å². The minimum Gasteiger partial charge on any atom is -0.309 e. The second-order valence-electron chi connectivity index (χ2n) is 35.2. The van der Waals surface area contributed by atoms with Gasteiger partial charge in [0.15, 0.2) is 11.6 Å². The molecule has 0 spiro atoms. The fourth-order valence-electron chi connectivity index (χ4n) is 20.6. The highest BCUT2D eigenvalue weighted by Crippen LogP contribution is 2.52. The average molecular weight is 1700 g/mol. The molecular weight excluding hydrogens is 1610 g/mol. The maximum absolute atomic E-state index is 5.18. The Morgan fingerprint density at radius 1 is 0.158 bits per heavy atom. The van der Waals surface area contributed by atoms with E-state index in [0.717, 1.165) is 95.6 Å². The zero-order chi connectivity index (χ0) is 88.2. The summed E-state index contributed by atoms with van der Waals surface area (Å²) in [5, 5.41) is 9.97. The highest BCUT2D eigenvalue weighted by Gasteiger charge is 2.37. The first-order valence-corrected chi connectivity index (χ1v) is 45.5. The van der Waals surface area contributed by atoms with Crippen molar-refractivity contribution >= 4 is 87.2 Å². The standard InChI is InChI=1S/C64H42N4.C61H42N4/c1-4-16-44(17-5-1)58-42-59(66-64(65-58)45-18-6-2-7-19-45)51-23-15-22-48(39-51)47-21-14-20-46(38-47)43-30-34-53(35-31-43)68-61-29-13-11-27-55(61)57-41-50(33-37-63(57)68)49-32-36-62-56(40-49)54-26-10-12-28-60(54)67(62)52-24-8-3-9-25-52;1-61(2)52-36-43(55-38-54(39-16-6-3-7-17-39)62-60(63-55)40-18-8-4-9-19-40)26-30-46(52)47-31-29-45(37-53(47)61)65-57-25-15-13-23-49(57)51-35-42(28-33-59(51)65)41-27-32-58-50(34-41)48-22-12-14-24-56(48)64(58)44-20-10-5-11-21-44/h1-42H;3-38H,1-2H3. The van der Waals surface area contributed by atoms with Crippen molar-refractivity contribution in [2.24, 2.45) is 0 Å². The number of hydrogen-bond acceptors (Lipinski definition) is 4. The number of aromatic nitrogens is 8. The average Bonchev–Trinajstić information content (AvgIpc) is 1.56. The van der Waals surface area contributed by atoms with Crippen molar-refractivity contribution in [2.45, 2.75) is 19.3 Å². The summed E-state index contributed by atoms with van der Waals surface area (Å²) in [6.45, 7) is 4.73. The van der Waals surface area contributed by atoms with Gasteiger partial charge in [0, 0.05) is 105 Å². The van der Waals surface area contributed by atoms with E-state index in [4.69, 9.17) is 19.9 Å². The van der Waals surface area contributed by atoms with Gasteiger partial charge in [0.05, 0.1) is 66.9 Å². The first-order valence-electron chi connectivity index (χ1n) is 45.5. The minimum atomic E-state index is -0.248. The monoisotopic (exact) mass is 1700 g/mol. The molecule has 0 saturated carbocycles. The van der Waals surface area contributed by atoms with Crippen LogP contribution in [0.5, 0.6) is 0 Å². The summed E-state index contributed by atoms with van der Waals surface area (Å²) in [6.07, 6.45) is 0. The van der Waals surface area contributed by atoms with Gasteiger partial charge in [-0.1, -0.05) is 335 Å². The molecule has 0 unspecified atom stereocenters. The quantitative estimate of drug-likeness (QED) is 0.109. The van der Waals surface area contributed by atoms with Gasteiger partial charge in [0.1, 0.15) is 0 Å². The molecule has 0 saturated heterocycles. The molecule has 0 radical (unpaired) electrons. The smallest absolute Gasteiger partial charge is 0.160 e. The third kappa shape index (κ3) is 13.6. The molecular formula is C125H84N8. The molecule has 8 nitrogen and oxygen atoms in total. The molecule has 8 heteroatoms. The van der Waals surface area contributed by atoms with Crippen molar-refractivity contribution in [3.63, 3.8) is 0 Å². The normalized spacial score (nSPS) is 12.2. The lowest BCUT2D eigenvalue weighted by molar-refractivity contribution is 0.660. The van der Waals surface area contributed by atoms with Crippen molar-refractivity contribution in [1.82, 2.24) is 38.2 Å². The first-order chi connectivity index (χ1) is 65.7. The Balaban J connectivity index is 0.000000143. The fourth-order valence-corrected chi connectivity index (χ4v) is 20.6. The second-order valence-corrected chi connectivity index (χ2v) is 35.2. The molecule has 624 valence electrons. The van der Waals surface area contributed by atoms with E-state index in [1.165, 1.54) is 143 Å². The van der Waals surface area contributed by atoms with E-state index in [-0.39, 0.29) is 5.41 Å². The first kappa shape index (κ1) is 77.8. The highest BCUT2D eigenvalue weighted by molar-refractivity contribution is 6.15. The lowest BCUT2D eigenvalue weighted by atomic mass is 9.81. The summed E-state index contributed by atoms with van der Waals surface area (Å²) in [4.78, 5) is 20.3. The molecule has 133 heavy (non-hydrogen) atoms. The molecule has 1 aliphatic rings. The van der Waals surface area contributed by atoms with Crippen molar-refractivity contribution in [1.29, 1.82) is 0 Å². The van der Waals surface area contributed by atoms with Crippen LogP contribution in [0.2, 0.25) is 0 Å². The number of hydrogen-bond donors (Lipinski definition) is 0. The molecule has 0 N–H and O–H groups in total. The summed E-state index contributed by atoms with van der Waals surface area (Å²) >= 11 is 0. The second kappa shape index (κ2) is 32.1. The topological polar surface area (TPSA) is 71.3 Å². The van der Waals surface area contributed by atoms with Crippen LogP contribution in [0, 0.1) is 0 Å². The summed E-state index contributed by atoms with van der Waals surface area (Å²) in [5.74, 6) is 1.43. The Morgan fingerprint density at radius 3 is 0.797 bits per heavy atom. The van der Waals surface area contributed by atoms with Crippen LogP contribution in [0.3, 0.4) is 0 Å². The summed E-state index contributed by atoms with van der Waals surface area (Å²) in [6, 6.07) is 170. The van der Waals surface area contributed by atoms with E-state index in [9.17, 15) is 0 Å².